The molecule has 5 N–H and O–H groups in total. The highest BCUT2D eigenvalue weighted by Crippen LogP contribution is 2.28. The van der Waals surface area contributed by atoms with Crippen molar-refractivity contribution in [3.05, 3.63) is 202 Å². The molecular weight excluding hydrogens is 1240 g/mol. The van der Waals surface area contributed by atoms with Gasteiger partial charge >= 0.3 is 6.09 Å². The van der Waals surface area contributed by atoms with Crippen LogP contribution in [0.2, 0.25) is 0 Å². The second kappa shape index (κ2) is 34.1. The highest BCUT2D eigenvalue weighted by atomic mass is 19.1. The lowest BCUT2D eigenvalue weighted by Gasteiger charge is -2.44. The van der Waals surface area contributed by atoms with E-state index in [0.717, 1.165) is 24.0 Å². The van der Waals surface area contributed by atoms with Crippen molar-refractivity contribution in [2.24, 2.45) is 0 Å². The number of hydrogen-bond donors (Lipinski definition) is 5. The molecule has 2 fully saturated rings. The second-order valence-electron chi connectivity index (χ2n) is 26.0. The zero-order valence-electron chi connectivity index (χ0n) is 55.9. The summed E-state index contributed by atoms with van der Waals surface area (Å²) in [6.07, 6.45) is 0.287. The van der Waals surface area contributed by atoms with Crippen molar-refractivity contribution in [1.82, 2.24) is 40.4 Å². The van der Waals surface area contributed by atoms with E-state index in [1.54, 1.807) is 95.0 Å². The summed E-state index contributed by atoms with van der Waals surface area (Å²) in [6, 6.07) is 35.7. The first-order valence-electron chi connectivity index (χ1n) is 33.6. The van der Waals surface area contributed by atoms with Crippen molar-refractivity contribution in [3.8, 4) is 11.5 Å². The Morgan fingerprint density at radius 1 is 0.546 bits per heavy atom. The number of rotatable bonds is 12. The molecule has 0 saturated carbocycles. The smallest absolute Gasteiger partial charge is 0.411 e. The number of nitrogens with one attached hydrogen (secondary N) is 3. The molecule has 0 aromatic heterocycles. The fourth-order valence-electron chi connectivity index (χ4n) is 12.5. The molecule has 0 radical (unpaired) electrons. The number of piperazine rings is 2. The molecule has 4 aliphatic heterocycles. The zero-order chi connectivity index (χ0) is 69.2. The first-order valence-corrected chi connectivity index (χ1v) is 33.6. The lowest BCUT2D eigenvalue weighted by molar-refractivity contribution is -0.148. The van der Waals surface area contributed by atoms with E-state index >= 15 is 4.39 Å². The molecule has 2 saturated heterocycles. The Hall–Kier alpha value is -9.25. The molecule has 7 amide bonds. The number of aliphatic hydroxyl groups excluding tert-OH is 2. The number of benzene rings is 6. The minimum absolute atomic E-state index is 0.0358. The van der Waals surface area contributed by atoms with Gasteiger partial charge in [-0.3, -0.25) is 33.7 Å². The van der Waals surface area contributed by atoms with Crippen LogP contribution in [0.25, 0.3) is 0 Å². The van der Waals surface area contributed by atoms with Gasteiger partial charge in [-0.05, 0) is 155 Å². The molecule has 4 aliphatic rings. The van der Waals surface area contributed by atoms with E-state index in [4.69, 9.17) is 14.2 Å². The van der Waals surface area contributed by atoms with Crippen LogP contribution in [0.4, 0.5) is 13.6 Å². The zero-order valence-corrected chi connectivity index (χ0v) is 55.9. The number of nitrogens with zero attached hydrogens (tertiary/aromatic N) is 5. The summed E-state index contributed by atoms with van der Waals surface area (Å²) in [5.41, 5.74) is 2.98. The number of carbonyl (C=O) groups is 7. The van der Waals surface area contributed by atoms with Gasteiger partial charge in [-0.1, -0.05) is 86.6 Å². The predicted molar refractivity (Wildman–Crippen MR) is 362 cm³/mol. The highest BCUT2D eigenvalue weighted by molar-refractivity contribution is 6.01. The van der Waals surface area contributed by atoms with Crippen LogP contribution in [-0.4, -0.2) is 184 Å². The SMILES string of the molecule is CCCN1CCCCOc2cc(F)cc(c2)CC(C(O)C2C(=O)N(Cc3ccccc3)CCN2C(=O)OC(C)(C)C)NC(=O)c2cccc(c2)C1=O.CCCN1CCCCOc2cc(F)cc(c2)CC(C(O)C2NCCN(Cc3ccccc3)C2=O)NC(=O)c2cccc(c2)C1=O. The van der Waals surface area contributed by atoms with E-state index in [9.17, 15) is 48.2 Å². The second-order valence-corrected chi connectivity index (χ2v) is 26.0. The maximum Gasteiger partial charge on any atom is 0.411 e. The van der Waals surface area contributed by atoms with Crippen LogP contribution in [0.15, 0.2) is 146 Å². The van der Waals surface area contributed by atoms with E-state index in [1.165, 1.54) is 35.2 Å². The largest absolute Gasteiger partial charge is 0.493 e. The van der Waals surface area contributed by atoms with Crippen LogP contribution >= 0.6 is 0 Å². The number of hydrogen-bond acceptors (Lipinski definition) is 13. The lowest BCUT2D eigenvalue weighted by atomic mass is 9.92. The molecule has 0 aliphatic carbocycles. The molecule has 6 aromatic rings. The highest BCUT2D eigenvalue weighted by Gasteiger charge is 2.47. The standard InChI is InChI=1S/C40H49FN4O7.C35H41FN4O5/c1-5-16-43-17-9-10-20-51-32-22-28(21-31(41)25-32)23-33(42-36(47)29-14-11-15-30(24-29)37(43)48)35(46)34-38(49)44(26-27-12-7-6-8-13-27)18-19-45(34)39(50)52-40(2,3)4;1-2-14-39-15-6-7-17-45-29-19-25(18-28(36)22-29)20-30(38-33(42)26-11-8-12-27(21-26)34(39)43)32(41)31-35(44)40(16-13-37-31)23-24-9-4-3-5-10-24/h6-8,11-15,21-22,24-25,33-35,46H,5,9-10,16-20,23,26H2,1-4H3,(H,42,47);3-5,8-12,18-19,21-22,30-32,37,41H,2,6-7,13-17,20,23H2,1H3,(H,38,42). The van der Waals surface area contributed by atoms with Crippen molar-refractivity contribution < 1.29 is 66.8 Å². The van der Waals surface area contributed by atoms with Gasteiger partial charge in [-0.25, -0.2) is 13.6 Å². The summed E-state index contributed by atoms with van der Waals surface area (Å²) in [6.45, 7) is 13.6. The molecule has 22 heteroatoms. The fraction of sp³-hybridized carbons (Fsp3) is 0.427. The lowest BCUT2D eigenvalue weighted by Crippen LogP contribution is -2.66. The summed E-state index contributed by atoms with van der Waals surface area (Å²) < 4.78 is 47.2. The third-order valence-electron chi connectivity index (χ3n) is 17.3. The average molecular weight is 1330 g/mol. The van der Waals surface area contributed by atoms with Crippen molar-refractivity contribution in [2.75, 3.05) is 65.6 Å². The molecule has 4 heterocycles. The van der Waals surface area contributed by atoms with Gasteiger partial charge in [0, 0.05) is 99.8 Å². The Bertz CT molecular complexity index is 3690. The number of ether oxygens (including phenoxy) is 3. The number of fused-ring (bicyclic) bond motifs is 8. The average Bonchev–Trinajstić information content (AvgIpc) is 0.852. The first-order chi connectivity index (χ1) is 46.6. The van der Waals surface area contributed by atoms with Gasteiger partial charge in [0.15, 0.2) is 0 Å². The molecule has 8 bridgehead atoms. The molecule has 97 heavy (non-hydrogen) atoms. The van der Waals surface area contributed by atoms with Gasteiger partial charge in [-0.2, -0.15) is 0 Å². The molecule has 20 nitrogen and oxygen atoms in total. The summed E-state index contributed by atoms with van der Waals surface area (Å²) in [5.74, 6) is -2.82. The summed E-state index contributed by atoms with van der Waals surface area (Å²) >= 11 is 0. The van der Waals surface area contributed by atoms with Crippen LogP contribution < -0.4 is 25.4 Å². The minimum Gasteiger partial charge on any atom is -0.493 e. The van der Waals surface area contributed by atoms with E-state index in [1.807, 2.05) is 74.5 Å². The number of aliphatic hydroxyl groups is 2. The van der Waals surface area contributed by atoms with Crippen LogP contribution in [0.5, 0.6) is 11.5 Å². The topological polar surface area (TPSA) is 240 Å². The van der Waals surface area contributed by atoms with E-state index in [2.05, 4.69) is 16.0 Å². The first kappa shape index (κ1) is 72.0. The minimum atomic E-state index is -1.66. The van der Waals surface area contributed by atoms with E-state index in [-0.39, 0.29) is 73.7 Å². The third kappa shape index (κ3) is 19.9. The van der Waals surface area contributed by atoms with Crippen molar-refractivity contribution in [2.45, 2.75) is 141 Å². The van der Waals surface area contributed by atoms with Crippen molar-refractivity contribution >= 4 is 41.5 Å². The van der Waals surface area contributed by atoms with E-state index in [0.29, 0.717) is 106 Å². The van der Waals surface area contributed by atoms with Gasteiger partial charge < -0.3 is 60.0 Å². The third-order valence-corrected chi connectivity index (χ3v) is 17.3. The van der Waals surface area contributed by atoms with Crippen LogP contribution in [-0.2, 0) is 40.3 Å². The summed E-state index contributed by atoms with van der Waals surface area (Å²) in [7, 11) is 0. The Labute approximate surface area is 566 Å². The van der Waals surface area contributed by atoms with Crippen molar-refractivity contribution in [3.63, 3.8) is 0 Å². The normalized spacial score (nSPS) is 20.2. The number of carbonyl (C=O) groups excluding carboxylic acids is 7. The Balaban J connectivity index is 0.000000230. The van der Waals surface area contributed by atoms with Crippen LogP contribution in [0, 0.1) is 11.6 Å². The summed E-state index contributed by atoms with van der Waals surface area (Å²) in [4.78, 5) is 104. The van der Waals surface area contributed by atoms with Gasteiger partial charge in [0.1, 0.15) is 46.9 Å². The molecule has 6 aromatic carbocycles. The molecule has 516 valence electrons. The fourth-order valence-corrected chi connectivity index (χ4v) is 12.5. The monoisotopic (exact) mass is 1330 g/mol. The quantitative estimate of drug-likeness (QED) is 0.0771. The van der Waals surface area contributed by atoms with Gasteiger partial charge in [0.2, 0.25) is 11.8 Å². The van der Waals surface area contributed by atoms with E-state index < -0.39 is 77.4 Å². The molecular formula is C75H90F2N8O12. The maximum atomic E-state index is 15.0. The maximum absolute atomic E-state index is 15.0. The molecule has 6 unspecified atom stereocenters. The molecule has 10 rings (SSSR count). The van der Waals surface area contributed by atoms with Gasteiger partial charge in [0.25, 0.3) is 23.6 Å². The number of halogens is 2. The Morgan fingerprint density at radius 3 is 1.48 bits per heavy atom. The van der Waals surface area contributed by atoms with Gasteiger partial charge in [-0.15, -0.1) is 0 Å². The summed E-state index contributed by atoms with van der Waals surface area (Å²) in [5, 5.41) is 32.8. The molecule has 0 spiro atoms. The van der Waals surface area contributed by atoms with Crippen LogP contribution in [0.3, 0.4) is 0 Å². The van der Waals surface area contributed by atoms with Gasteiger partial charge in [0.05, 0.1) is 31.4 Å². The molecule has 6 atom stereocenters. The van der Waals surface area contributed by atoms with Crippen molar-refractivity contribution in [1.29, 1.82) is 0 Å². The Kier molecular flexibility index (Phi) is 25.3. The predicted octanol–water partition coefficient (Wildman–Crippen LogP) is 8.75. The Morgan fingerprint density at radius 2 is 1.01 bits per heavy atom. The van der Waals surface area contributed by atoms with Crippen LogP contribution in [0.1, 0.15) is 137 Å². The number of amides is 7.